The minimum atomic E-state index is 0.207. The van der Waals surface area contributed by atoms with Crippen molar-refractivity contribution in [2.75, 3.05) is 13.1 Å². The first-order chi connectivity index (χ1) is 7.22. The predicted molar refractivity (Wildman–Crippen MR) is 61.1 cm³/mol. The van der Waals surface area contributed by atoms with Gasteiger partial charge in [-0.25, -0.2) is 0 Å². The topological polar surface area (TPSA) is 20.3 Å². The minimum absolute atomic E-state index is 0.207. The molecular weight excluding hydrogens is 186 g/mol. The van der Waals surface area contributed by atoms with Crippen LogP contribution in [0.4, 0.5) is 0 Å². The van der Waals surface area contributed by atoms with Crippen molar-refractivity contribution in [3.63, 3.8) is 0 Å². The lowest BCUT2D eigenvalue weighted by Gasteiger charge is -2.28. The van der Waals surface area contributed by atoms with Crippen LogP contribution in [0.5, 0.6) is 0 Å². The summed E-state index contributed by atoms with van der Waals surface area (Å²) in [6.07, 6.45) is 2.04. The lowest BCUT2D eigenvalue weighted by molar-refractivity contribution is 0.0740. The summed E-state index contributed by atoms with van der Waals surface area (Å²) in [5.41, 5.74) is 3.36. The van der Waals surface area contributed by atoms with E-state index >= 15 is 0 Å². The average molecular weight is 203 g/mol. The van der Waals surface area contributed by atoms with Crippen molar-refractivity contribution in [2.45, 2.75) is 26.7 Å². The molecule has 0 atom stereocenters. The average Bonchev–Trinajstić information content (AvgIpc) is 2.22. The number of rotatable bonds is 2. The molecule has 0 bridgehead atoms. The van der Waals surface area contributed by atoms with Crippen molar-refractivity contribution in [1.29, 1.82) is 0 Å². The summed E-state index contributed by atoms with van der Waals surface area (Å²) in [4.78, 5) is 14.0. The van der Waals surface area contributed by atoms with Gasteiger partial charge in [-0.3, -0.25) is 4.79 Å². The van der Waals surface area contributed by atoms with E-state index < -0.39 is 0 Å². The second-order valence-electron chi connectivity index (χ2n) is 4.20. The van der Waals surface area contributed by atoms with Crippen LogP contribution >= 0.6 is 0 Å². The molecule has 0 aliphatic carbocycles. The summed E-state index contributed by atoms with van der Waals surface area (Å²) in [6.45, 7) is 5.94. The third-order valence-corrected chi connectivity index (χ3v) is 2.92. The van der Waals surface area contributed by atoms with Crippen molar-refractivity contribution in [2.24, 2.45) is 0 Å². The van der Waals surface area contributed by atoms with E-state index in [4.69, 9.17) is 0 Å². The maximum atomic E-state index is 12.0. The van der Waals surface area contributed by atoms with Crippen molar-refractivity contribution < 1.29 is 4.79 Å². The van der Waals surface area contributed by atoms with E-state index in [-0.39, 0.29) is 5.91 Å². The van der Waals surface area contributed by atoms with Gasteiger partial charge < -0.3 is 4.90 Å². The Balaban J connectivity index is 2.30. The molecule has 0 unspecified atom stereocenters. The molecule has 0 saturated carbocycles. The normalized spacial score (nSPS) is 15.3. The summed E-state index contributed by atoms with van der Waals surface area (Å²) >= 11 is 0. The fourth-order valence-corrected chi connectivity index (χ4v) is 2.15. The summed E-state index contributed by atoms with van der Waals surface area (Å²) in [5.74, 6) is 0.207. The smallest absolute Gasteiger partial charge is 0.254 e. The molecule has 1 aliphatic heterocycles. The lowest BCUT2D eigenvalue weighted by atomic mass is 9.97. The van der Waals surface area contributed by atoms with Gasteiger partial charge in [-0.1, -0.05) is 24.6 Å². The molecule has 2 nitrogen and oxygen atoms in total. The number of amides is 1. The second-order valence-corrected chi connectivity index (χ2v) is 4.20. The predicted octanol–water partition coefficient (Wildman–Crippen LogP) is 2.40. The van der Waals surface area contributed by atoms with Crippen molar-refractivity contribution in [1.82, 2.24) is 4.90 Å². The van der Waals surface area contributed by atoms with Crippen LogP contribution in [0, 0.1) is 6.92 Å². The maximum absolute atomic E-state index is 12.0. The summed E-state index contributed by atoms with van der Waals surface area (Å²) < 4.78 is 0. The van der Waals surface area contributed by atoms with Gasteiger partial charge in [0.25, 0.3) is 5.91 Å². The molecule has 0 saturated heterocycles. The van der Waals surface area contributed by atoms with Gasteiger partial charge >= 0.3 is 0 Å². The highest BCUT2D eigenvalue weighted by atomic mass is 16.2. The number of hydrogen-bond acceptors (Lipinski definition) is 1. The minimum Gasteiger partial charge on any atom is -0.338 e. The highest BCUT2D eigenvalue weighted by Gasteiger charge is 2.22. The Bertz CT molecular complexity index is 384. The van der Waals surface area contributed by atoms with Gasteiger partial charge in [0.2, 0.25) is 0 Å². The molecule has 0 radical (unpaired) electrons. The fraction of sp³-hybridized carbons (Fsp3) is 0.462. The van der Waals surface area contributed by atoms with Crippen LogP contribution in [0.25, 0.3) is 0 Å². The number of carbonyl (C=O) groups is 1. The first kappa shape index (κ1) is 10.2. The SMILES string of the molecule is CCCN1CCc2cc(C)ccc2C1=O. The third-order valence-electron chi connectivity index (χ3n) is 2.92. The first-order valence-electron chi connectivity index (χ1n) is 5.61. The molecule has 0 N–H and O–H groups in total. The molecule has 1 amide bonds. The first-order valence-corrected chi connectivity index (χ1v) is 5.61. The van der Waals surface area contributed by atoms with E-state index in [1.54, 1.807) is 0 Å². The van der Waals surface area contributed by atoms with Gasteiger partial charge in [0, 0.05) is 18.7 Å². The number of benzene rings is 1. The zero-order valence-corrected chi connectivity index (χ0v) is 9.42. The largest absolute Gasteiger partial charge is 0.338 e. The quantitative estimate of drug-likeness (QED) is 0.722. The summed E-state index contributed by atoms with van der Waals surface area (Å²) in [7, 11) is 0. The molecule has 0 spiro atoms. The van der Waals surface area contributed by atoms with Crippen molar-refractivity contribution in [3.8, 4) is 0 Å². The molecule has 1 aliphatic rings. The Morgan fingerprint density at radius 2 is 2.20 bits per heavy atom. The van der Waals surface area contributed by atoms with E-state index in [9.17, 15) is 4.79 Å². The monoisotopic (exact) mass is 203 g/mol. The van der Waals surface area contributed by atoms with Crippen LogP contribution in [-0.2, 0) is 6.42 Å². The highest BCUT2D eigenvalue weighted by Crippen LogP contribution is 2.20. The molecule has 0 aromatic heterocycles. The van der Waals surface area contributed by atoms with Crippen LogP contribution < -0.4 is 0 Å². The van der Waals surface area contributed by atoms with Crippen LogP contribution in [0.15, 0.2) is 18.2 Å². The van der Waals surface area contributed by atoms with Gasteiger partial charge in [-0.15, -0.1) is 0 Å². The fourth-order valence-electron chi connectivity index (χ4n) is 2.15. The molecule has 80 valence electrons. The summed E-state index contributed by atoms with van der Waals surface area (Å²) in [6, 6.07) is 6.12. The molecule has 15 heavy (non-hydrogen) atoms. The van der Waals surface area contributed by atoms with E-state index in [2.05, 4.69) is 19.9 Å². The zero-order valence-electron chi connectivity index (χ0n) is 9.42. The second kappa shape index (κ2) is 4.05. The van der Waals surface area contributed by atoms with Crippen LogP contribution in [-0.4, -0.2) is 23.9 Å². The van der Waals surface area contributed by atoms with Gasteiger partial charge in [-0.2, -0.15) is 0 Å². The molecule has 2 rings (SSSR count). The standard InChI is InChI=1S/C13H17NO/c1-3-7-14-8-6-11-9-10(2)4-5-12(11)13(14)15/h4-5,9H,3,6-8H2,1-2H3. The van der Waals surface area contributed by atoms with Crippen LogP contribution in [0.2, 0.25) is 0 Å². The molecular formula is C13H17NO. The number of aryl methyl sites for hydroxylation is 1. The maximum Gasteiger partial charge on any atom is 0.254 e. The van der Waals surface area contributed by atoms with Gasteiger partial charge in [0.15, 0.2) is 0 Å². The van der Waals surface area contributed by atoms with Gasteiger partial charge in [0.05, 0.1) is 0 Å². The Labute approximate surface area is 90.9 Å². The Morgan fingerprint density at radius 3 is 2.93 bits per heavy atom. The molecule has 1 aromatic carbocycles. The summed E-state index contributed by atoms with van der Waals surface area (Å²) in [5, 5.41) is 0. The highest BCUT2D eigenvalue weighted by molar-refractivity contribution is 5.96. The number of hydrogen-bond donors (Lipinski definition) is 0. The third kappa shape index (κ3) is 1.89. The molecule has 2 heteroatoms. The van der Waals surface area contributed by atoms with Crippen molar-refractivity contribution >= 4 is 5.91 Å². The number of nitrogens with zero attached hydrogens (tertiary/aromatic N) is 1. The molecule has 1 heterocycles. The molecule has 0 fully saturated rings. The van der Waals surface area contributed by atoms with Crippen LogP contribution in [0.1, 0.15) is 34.8 Å². The Hall–Kier alpha value is -1.31. The van der Waals surface area contributed by atoms with Gasteiger partial charge in [0.1, 0.15) is 0 Å². The van der Waals surface area contributed by atoms with E-state index in [1.807, 2.05) is 17.0 Å². The van der Waals surface area contributed by atoms with Crippen LogP contribution in [0.3, 0.4) is 0 Å². The van der Waals surface area contributed by atoms with E-state index in [0.717, 1.165) is 31.5 Å². The molecule has 1 aromatic rings. The number of fused-ring (bicyclic) bond motifs is 1. The Morgan fingerprint density at radius 1 is 1.40 bits per heavy atom. The lowest BCUT2D eigenvalue weighted by Crippen LogP contribution is -2.38. The van der Waals surface area contributed by atoms with E-state index in [1.165, 1.54) is 11.1 Å². The van der Waals surface area contributed by atoms with Gasteiger partial charge in [-0.05, 0) is 31.4 Å². The number of carbonyl (C=O) groups excluding carboxylic acids is 1. The Kier molecular flexibility index (Phi) is 2.76. The zero-order chi connectivity index (χ0) is 10.8. The van der Waals surface area contributed by atoms with E-state index in [0.29, 0.717) is 0 Å². The van der Waals surface area contributed by atoms with Crippen molar-refractivity contribution in [3.05, 3.63) is 34.9 Å².